The van der Waals surface area contributed by atoms with Crippen LogP contribution in [-0.2, 0) is 12.8 Å². The number of aromatic nitrogens is 1. The monoisotopic (exact) mass is 381 g/mol. The molecule has 0 spiro atoms. The van der Waals surface area contributed by atoms with Crippen LogP contribution in [0.3, 0.4) is 0 Å². The molecular weight excluding hydrogens is 350 g/mol. The van der Waals surface area contributed by atoms with E-state index in [1.165, 1.54) is 18.4 Å². The fourth-order valence-electron chi connectivity index (χ4n) is 4.84. The van der Waals surface area contributed by atoms with Gasteiger partial charge < -0.3 is 14.3 Å². The summed E-state index contributed by atoms with van der Waals surface area (Å²) in [5.41, 5.74) is 2.90. The summed E-state index contributed by atoms with van der Waals surface area (Å²) in [4.78, 5) is 18.0. The standard InChI is InChI=1S/C23H31N3O2/c1-3-21-22(17(2)28-24-21)23(27)26-15-19-11-12-20(26)16-25(14-19)13-7-10-18-8-5-4-6-9-18/h4-6,8-9,19-20H,3,7,10-16H2,1-2H3/t19-,20+/m0/s1. The third kappa shape index (κ3) is 4.00. The predicted molar refractivity (Wildman–Crippen MR) is 109 cm³/mol. The summed E-state index contributed by atoms with van der Waals surface area (Å²) in [6.07, 6.45) is 5.35. The van der Waals surface area contributed by atoms with Gasteiger partial charge in [0.1, 0.15) is 11.3 Å². The molecule has 2 aromatic rings. The Kier molecular flexibility index (Phi) is 5.81. The number of carbonyl (C=O) groups is 1. The lowest BCUT2D eigenvalue weighted by atomic mass is 9.94. The second-order valence-corrected chi connectivity index (χ2v) is 8.32. The average molecular weight is 382 g/mol. The van der Waals surface area contributed by atoms with Gasteiger partial charge in [-0.05, 0) is 57.1 Å². The van der Waals surface area contributed by atoms with Crippen LogP contribution in [0.15, 0.2) is 34.9 Å². The highest BCUT2D eigenvalue weighted by Gasteiger charge is 2.38. The summed E-state index contributed by atoms with van der Waals surface area (Å²) < 4.78 is 5.32. The molecule has 5 heteroatoms. The van der Waals surface area contributed by atoms with Crippen molar-refractivity contribution in [3.05, 3.63) is 52.9 Å². The van der Waals surface area contributed by atoms with Crippen LogP contribution in [0.25, 0.3) is 0 Å². The smallest absolute Gasteiger partial charge is 0.259 e. The van der Waals surface area contributed by atoms with Gasteiger partial charge in [-0.25, -0.2) is 0 Å². The number of carbonyl (C=O) groups excluding carboxylic acids is 1. The van der Waals surface area contributed by atoms with E-state index < -0.39 is 0 Å². The van der Waals surface area contributed by atoms with Crippen LogP contribution in [0.1, 0.15) is 53.6 Å². The molecule has 5 rings (SSSR count). The highest BCUT2D eigenvalue weighted by Crippen LogP contribution is 2.30. The highest BCUT2D eigenvalue weighted by atomic mass is 16.5. The van der Waals surface area contributed by atoms with E-state index in [0.717, 1.165) is 51.1 Å². The van der Waals surface area contributed by atoms with E-state index in [0.29, 0.717) is 23.3 Å². The second kappa shape index (κ2) is 8.48. The third-order valence-corrected chi connectivity index (χ3v) is 6.31. The van der Waals surface area contributed by atoms with Gasteiger partial charge in [-0.2, -0.15) is 0 Å². The summed E-state index contributed by atoms with van der Waals surface area (Å²) >= 11 is 0. The number of amides is 1. The first-order valence-corrected chi connectivity index (χ1v) is 10.7. The molecule has 0 N–H and O–H groups in total. The zero-order chi connectivity index (χ0) is 19.5. The van der Waals surface area contributed by atoms with Gasteiger partial charge in [0.25, 0.3) is 5.91 Å². The van der Waals surface area contributed by atoms with E-state index in [-0.39, 0.29) is 5.91 Å². The van der Waals surface area contributed by atoms with Crippen molar-refractivity contribution in [1.29, 1.82) is 0 Å². The number of nitrogens with zero attached hydrogens (tertiary/aromatic N) is 3. The SMILES string of the molecule is CCc1noc(C)c1C(=O)N1C[C@H]2CC[C@@H]1CN(CCCc1ccccc1)C2. The number of hydrogen-bond acceptors (Lipinski definition) is 4. The number of benzene rings is 1. The van der Waals surface area contributed by atoms with Crippen LogP contribution in [-0.4, -0.2) is 53.1 Å². The van der Waals surface area contributed by atoms with Gasteiger partial charge in [0.15, 0.2) is 0 Å². The maximum absolute atomic E-state index is 13.3. The molecule has 1 aromatic carbocycles. The first-order chi connectivity index (χ1) is 13.7. The lowest BCUT2D eigenvalue weighted by Crippen LogP contribution is -2.47. The Morgan fingerprint density at radius 1 is 1.18 bits per heavy atom. The van der Waals surface area contributed by atoms with Crippen LogP contribution in [0.2, 0.25) is 0 Å². The molecule has 3 saturated heterocycles. The van der Waals surface area contributed by atoms with Crippen molar-refractivity contribution in [2.24, 2.45) is 5.92 Å². The van der Waals surface area contributed by atoms with Gasteiger partial charge in [-0.1, -0.05) is 42.4 Å². The molecule has 0 radical (unpaired) electrons. The number of hydrogen-bond donors (Lipinski definition) is 0. The van der Waals surface area contributed by atoms with E-state index in [1.54, 1.807) is 0 Å². The molecular formula is C23H31N3O2. The first-order valence-electron chi connectivity index (χ1n) is 10.7. The number of aryl methyl sites for hydroxylation is 3. The highest BCUT2D eigenvalue weighted by molar-refractivity contribution is 5.96. The van der Waals surface area contributed by atoms with Gasteiger partial charge in [-0.15, -0.1) is 0 Å². The van der Waals surface area contributed by atoms with E-state index in [2.05, 4.69) is 45.3 Å². The normalized spacial score (nSPS) is 22.4. The quantitative estimate of drug-likeness (QED) is 0.765. The molecule has 5 nitrogen and oxygen atoms in total. The lowest BCUT2D eigenvalue weighted by Gasteiger charge is -2.36. The second-order valence-electron chi connectivity index (χ2n) is 8.32. The molecule has 28 heavy (non-hydrogen) atoms. The summed E-state index contributed by atoms with van der Waals surface area (Å²) in [5.74, 6) is 1.35. The van der Waals surface area contributed by atoms with Gasteiger partial charge in [-0.3, -0.25) is 4.79 Å². The Balaban J connectivity index is 1.40. The molecule has 0 aliphatic carbocycles. The maximum atomic E-state index is 13.3. The number of piperidine rings is 1. The van der Waals surface area contributed by atoms with Crippen molar-refractivity contribution in [2.75, 3.05) is 26.2 Å². The van der Waals surface area contributed by atoms with Crippen LogP contribution in [0.4, 0.5) is 0 Å². The van der Waals surface area contributed by atoms with Crippen molar-refractivity contribution in [2.45, 2.75) is 52.0 Å². The van der Waals surface area contributed by atoms with Crippen LogP contribution in [0.5, 0.6) is 0 Å². The summed E-state index contributed by atoms with van der Waals surface area (Å²) in [6.45, 7) is 7.95. The summed E-state index contributed by atoms with van der Waals surface area (Å²) in [5, 5.41) is 4.09. The lowest BCUT2D eigenvalue weighted by molar-refractivity contribution is 0.0582. The molecule has 0 unspecified atom stereocenters. The predicted octanol–water partition coefficient (Wildman–Crippen LogP) is 3.71. The Bertz CT molecular complexity index is 801. The van der Waals surface area contributed by atoms with E-state index >= 15 is 0 Å². The molecule has 150 valence electrons. The van der Waals surface area contributed by atoms with Crippen LogP contribution < -0.4 is 0 Å². The number of fused-ring (bicyclic) bond motifs is 4. The third-order valence-electron chi connectivity index (χ3n) is 6.31. The molecule has 3 aliphatic rings. The molecule has 3 fully saturated rings. The first kappa shape index (κ1) is 19.2. The zero-order valence-corrected chi connectivity index (χ0v) is 17.1. The molecule has 1 amide bonds. The minimum Gasteiger partial charge on any atom is -0.361 e. The van der Waals surface area contributed by atoms with Gasteiger partial charge in [0, 0.05) is 25.7 Å². The van der Waals surface area contributed by atoms with E-state index in [4.69, 9.17) is 4.52 Å². The number of rotatable bonds is 6. The van der Waals surface area contributed by atoms with Crippen LogP contribution in [0, 0.1) is 12.8 Å². The molecule has 0 saturated carbocycles. The van der Waals surface area contributed by atoms with Crippen molar-refractivity contribution < 1.29 is 9.32 Å². The average Bonchev–Trinajstić information content (AvgIpc) is 2.88. The fourth-order valence-corrected chi connectivity index (χ4v) is 4.84. The van der Waals surface area contributed by atoms with Crippen molar-refractivity contribution in [1.82, 2.24) is 15.0 Å². The Labute approximate surface area is 167 Å². The molecule has 2 atom stereocenters. The van der Waals surface area contributed by atoms with Crippen LogP contribution >= 0.6 is 0 Å². The Hall–Kier alpha value is -2.14. The van der Waals surface area contributed by atoms with Crippen molar-refractivity contribution >= 4 is 5.91 Å². The maximum Gasteiger partial charge on any atom is 0.259 e. The molecule has 1 aromatic heterocycles. The largest absolute Gasteiger partial charge is 0.361 e. The Morgan fingerprint density at radius 2 is 2.00 bits per heavy atom. The van der Waals surface area contributed by atoms with Crippen molar-refractivity contribution in [3.8, 4) is 0 Å². The molecule has 3 aliphatic heterocycles. The summed E-state index contributed by atoms with van der Waals surface area (Å²) in [7, 11) is 0. The van der Waals surface area contributed by atoms with Crippen molar-refractivity contribution in [3.63, 3.8) is 0 Å². The fraction of sp³-hybridized carbons (Fsp3) is 0.565. The zero-order valence-electron chi connectivity index (χ0n) is 17.1. The molecule has 4 heterocycles. The van der Waals surface area contributed by atoms with E-state index in [1.807, 2.05) is 13.8 Å². The summed E-state index contributed by atoms with van der Waals surface area (Å²) in [6, 6.07) is 11.0. The van der Waals surface area contributed by atoms with Gasteiger partial charge in [0.05, 0.1) is 5.69 Å². The molecule has 2 bridgehead atoms. The minimum atomic E-state index is 0.122. The Morgan fingerprint density at radius 3 is 2.79 bits per heavy atom. The topological polar surface area (TPSA) is 49.6 Å². The minimum absolute atomic E-state index is 0.122. The van der Waals surface area contributed by atoms with E-state index in [9.17, 15) is 4.79 Å². The van der Waals surface area contributed by atoms with Gasteiger partial charge in [0.2, 0.25) is 0 Å². The van der Waals surface area contributed by atoms with Gasteiger partial charge >= 0.3 is 0 Å².